The maximum Gasteiger partial charge on any atom is 0.234 e. The summed E-state index contributed by atoms with van der Waals surface area (Å²) in [7, 11) is 1.57. The number of anilines is 1. The summed E-state index contributed by atoms with van der Waals surface area (Å²) >= 11 is 7.58. The van der Waals surface area contributed by atoms with Crippen LogP contribution in [0.25, 0.3) is 0 Å². The molecule has 122 valence electrons. The average Bonchev–Trinajstić information content (AvgIpc) is 2.56. The smallest absolute Gasteiger partial charge is 0.234 e. The fraction of sp³-hybridized carbons (Fsp3) is 0.278. The zero-order chi connectivity index (χ0) is 16.5. The molecule has 0 spiro atoms. The Balaban J connectivity index is 1.70. The molecule has 2 rings (SSSR count). The molecular weight excluding hydrogens is 330 g/mol. The molecule has 0 radical (unpaired) electrons. The molecule has 0 saturated carbocycles. The Labute approximate surface area is 146 Å². The van der Waals surface area contributed by atoms with E-state index in [2.05, 4.69) is 17.4 Å². The summed E-state index contributed by atoms with van der Waals surface area (Å²) in [4.78, 5) is 12.0. The number of benzene rings is 2. The summed E-state index contributed by atoms with van der Waals surface area (Å²) < 4.78 is 5.21. The molecule has 2 aromatic carbocycles. The van der Waals surface area contributed by atoms with Gasteiger partial charge in [-0.3, -0.25) is 4.79 Å². The van der Waals surface area contributed by atoms with Crippen LogP contribution in [0, 0.1) is 0 Å². The number of halogens is 1. The minimum absolute atomic E-state index is 0.0460. The first-order valence-corrected chi connectivity index (χ1v) is 8.97. The van der Waals surface area contributed by atoms with Crippen LogP contribution in [-0.4, -0.2) is 24.5 Å². The van der Waals surface area contributed by atoms with Crippen molar-refractivity contribution in [2.45, 2.75) is 12.8 Å². The average molecular weight is 350 g/mol. The summed E-state index contributed by atoms with van der Waals surface area (Å²) in [5.41, 5.74) is 1.94. The quantitative estimate of drug-likeness (QED) is 0.705. The Morgan fingerprint density at radius 2 is 2.00 bits per heavy atom. The van der Waals surface area contributed by atoms with E-state index in [1.807, 2.05) is 18.2 Å². The van der Waals surface area contributed by atoms with Gasteiger partial charge < -0.3 is 10.1 Å². The van der Waals surface area contributed by atoms with Crippen LogP contribution in [0.5, 0.6) is 5.75 Å². The molecule has 0 atom stereocenters. The first-order valence-electron chi connectivity index (χ1n) is 7.44. The molecule has 0 heterocycles. The molecule has 1 amide bonds. The van der Waals surface area contributed by atoms with Gasteiger partial charge in [-0.05, 0) is 42.4 Å². The van der Waals surface area contributed by atoms with Crippen LogP contribution in [0.4, 0.5) is 5.69 Å². The van der Waals surface area contributed by atoms with Gasteiger partial charge in [0, 0.05) is 5.02 Å². The van der Waals surface area contributed by atoms with Gasteiger partial charge in [-0.2, -0.15) is 11.8 Å². The third kappa shape index (κ3) is 6.16. The molecule has 0 fully saturated rings. The zero-order valence-electron chi connectivity index (χ0n) is 13.0. The predicted molar refractivity (Wildman–Crippen MR) is 98.7 cm³/mol. The molecule has 5 heteroatoms. The van der Waals surface area contributed by atoms with Gasteiger partial charge in [0.05, 0.1) is 18.6 Å². The minimum atomic E-state index is -0.0460. The second-order valence-corrected chi connectivity index (χ2v) is 6.58. The van der Waals surface area contributed by atoms with Gasteiger partial charge >= 0.3 is 0 Å². The van der Waals surface area contributed by atoms with Crippen LogP contribution in [0.2, 0.25) is 5.02 Å². The summed E-state index contributed by atoms with van der Waals surface area (Å²) in [6, 6.07) is 15.5. The van der Waals surface area contributed by atoms with Gasteiger partial charge in [0.15, 0.2) is 0 Å². The molecule has 1 N–H and O–H groups in total. The van der Waals surface area contributed by atoms with Crippen LogP contribution in [-0.2, 0) is 11.2 Å². The summed E-state index contributed by atoms with van der Waals surface area (Å²) in [6.07, 6.45) is 2.10. The molecule has 0 aliphatic heterocycles. The number of thioether (sulfide) groups is 1. The highest BCUT2D eigenvalue weighted by atomic mass is 35.5. The number of hydrogen-bond donors (Lipinski definition) is 1. The van der Waals surface area contributed by atoms with E-state index >= 15 is 0 Å². The SMILES string of the molecule is COc1ccc(Cl)cc1NC(=O)CSCCCc1ccccc1. The van der Waals surface area contributed by atoms with Crippen LogP contribution in [0.3, 0.4) is 0 Å². The van der Waals surface area contributed by atoms with Crippen molar-refractivity contribution >= 4 is 35.0 Å². The number of nitrogens with one attached hydrogen (secondary N) is 1. The van der Waals surface area contributed by atoms with E-state index in [0.29, 0.717) is 22.2 Å². The number of amides is 1. The monoisotopic (exact) mass is 349 g/mol. The highest BCUT2D eigenvalue weighted by Gasteiger charge is 2.08. The van der Waals surface area contributed by atoms with Gasteiger partial charge in [0.25, 0.3) is 0 Å². The van der Waals surface area contributed by atoms with Crippen molar-refractivity contribution < 1.29 is 9.53 Å². The lowest BCUT2D eigenvalue weighted by molar-refractivity contribution is -0.113. The van der Waals surface area contributed by atoms with Crippen LogP contribution in [0.15, 0.2) is 48.5 Å². The Morgan fingerprint density at radius 1 is 1.22 bits per heavy atom. The number of rotatable bonds is 8. The number of carbonyl (C=O) groups is 1. The van der Waals surface area contributed by atoms with E-state index in [0.717, 1.165) is 18.6 Å². The third-order valence-corrected chi connectivity index (χ3v) is 4.54. The predicted octanol–water partition coefficient (Wildman–Crippen LogP) is 4.65. The second kappa shape index (κ2) is 9.48. The lowest BCUT2D eigenvalue weighted by atomic mass is 10.1. The molecule has 0 aliphatic rings. The van der Waals surface area contributed by atoms with Crippen molar-refractivity contribution in [3.8, 4) is 5.75 Å². The first kappa shape index (κ1) is 17.7. The lowest BCUT2D eigenvalue weighted by Gasteiger charge is -2.10. The van der Waals surface area contributed by atoms with Gasteiger partial charge in [0.2, 0.25) is 5.91 Å². The number of carbonyl (C=O) groups excluding carboxylic acids is 1. The molecule has 0 unspecified atom stereocenters. The van der Waals surface area contributed by atoms with Crippen molar-refractivity contribution in [3.63, 3.8) is 0 Å². The van der Waals surface area contributed by atoms with E-state index in [1.165, 1.54) is 5.56 Å². The molecule has 0 bridgehead atoms. The van der Waals surface area contributed by atoms with Gasteiger partial charge in [0.1, 0.15) is 5.75 Å². The first-order chi connectivity index (χ1) is 11.2. The Kier molecular flexibility index (Phi) is 7.30. The minimum Gasteiger partial charge on any atom is -0.495 e. The largest absolute Gasteiger partial charge is 0.495 e. The summed E-state index contributed by atoms with van der Waals surface area (Å²) in [6.45, 7) is 0. The van der Waals surface area contributed by atoms with Crippen LogP contribution >= 0.6 is 23.4 Å². The van der Waals surface area contributed by atoms with E-state index in [9.17, 15) is 4.79 Å². The molecular formula is C18H20ClNO2S. The third-order valence-electron chi connectivity index (χ3n) is 3.27. The topological polar surface area (TPSA) is 38.3 Å². The van der Waals surface area contributed by atoms with Crippen molar-refractivity contribution in [2.75, 3.05) is 23.9 Å². The normalized spacial score (nSPS) is 10.3. The number of aryl methyl sites for hydroxylation is 1. The van der Waals surface area contributed by atoms with E-state index < -0.39 is 0 Å². The van der Waals surface area contributed by atoms with Gasteiger partial charge in [-0.25, -0.2) is 0 Å². The molecule has 0 aliphatic carbocycles. The second-order valence-electron chi connectivity index (χ2n) is 5.03. The van der Waals surface area contributed by atoms with E-state index in [-0.39, 0.29) is 5.91 Å². The maximum atomic E-state index is 12.0. The summed E-state index contributed by atoms with van der Waals surface area (Å²) in [5.74, 6) is 1.94. The van der Waals surface area contributed by atoms with Crippen molar-refractivity contribution in [1.29, 1.82) is 0 Å². The Bertz CT molecular complexity index is 634. The molecule has 0 aromatic heterocycles. The highest BCUT2D eigenvalue weighted by molar-refractivity contribution is 7.99. The molecule has 0 saturated heterocycles. The number of hydrogen-bond acceptors (Lipinski definition) is 3. The zero-order valence-corrected chi connectivity index (χ0v) is 14.6. The summed E-state index contributed by atoms with van der Waals surface area (Å²) in [5, 5.41) is 3.41. The number of ether oxygens (including phenoxy) is 1. The maximum absolute atomic E-state index is 12.0. The van der Waals surface area contributed by atoms with Crippen molar-refractivity contribution in [3.05, 3.63) is 59.1 Å². The van der Waals surface area contributed by atoms with Crippen molar-refractivity contribution in [1.82, 2.24) is 0 Å². The van der Waals surface area contributed by atoms with Crippen molar-refractivity contribution in [2.24, 2.45) is 0 Å². The van der Waals surface area contributed by atoms with Gasteiger partial charge in [-0.15, -0.1) is 0 Å². The Hall–Kier alpha value is -1.65. The fourth-order valence-electron chi connectivity index (χ4n) is 2.15. The van der Waals surface area contributed by atoms with Gasteiger partial charge in [-0.1, -0.05) is 41.9 Å². The van der Waals surface area contributed by atoms with E-state index in [1.54, 1.807) is 37.1 Å². The fourth-order valence-corrected chi connectivity index (χ4v) is 3.07. The molecule has 3 nitrogen and oxygen atoms in total. The van der Waals surface area contributed by atoms with Crippen LogP contribution < -0.4 is 10.1 Å². The standard InChI is InChI=1S/C18H20ClNO2S/c1-22-17-10-9-15(19)12-16(17)20-18(21)13-23-11-5-8-14-6-3-2-4-7-14/h2-4,6-7,9-10,12H,5,8,11,13H2,1H3,(H,20,21). The number of methoxy groups -OCH3 is 1. The van der Waals surface area contributed by atoms with E-state index in [4.69, 9.17) is 16.3 Å². The highest BCUT2D eigenvalue weighted by Crippen LogP contribution is 2.27. The molecule has 23 heavy (non-hydrogen) atoms. The molecule has 2 aromatic rings. The van der Waals surface area contributed by atoms with Crippen LogP contribution in [0.1, 0.15) is 12.0 Å². The Morgan fingerprint density at radius 3 is 2.74 bits per heavy atom. The lowest BCUT2D eigenvalue weighted by Crippen LogP contribution is -2.15.